The Balaban J connectivity index is 1.38. The van der Waals surface area contributed by atoms with Crippen molar-refractivity contribution in [3.8, 4) is 11.4 Å². The Labute approximate surface area is 155 Å². The molecule has 0 N–H and O–H groups in total. The maximum atomic E-state index is 5.95. The van der Waals surface area contributed by atoms with E-state index in [-0.39, 0.29) is 0 Å². The van der Waals surface area contributed by atoms with Crippen LogP contribution in [0.3, 0.4) is 0 Å². The lowest BCUT2D eigenvalue weighted by atomic mass is 9.96. The van der Waals surface area contributed by atoms with Crippen molar-refractivity contribution in [2.24, 2.45) is 5.92 Å². The van der Waals surface area contributed by atoms with Gasteiger partial charge in [0.25, 0.3) is 0 Å². The van der Waals surface area contributed by atoms with Crippen molar-refractivity contribution in [1.29, 1.82) is 0 Å². The van der Waals surface area contributed by atoms with Crippen molar-refractivity contribution in [3.05, 3.63) is 57.1 Å². The van der Waals surface area contributed by atoms with Gasteiger partial charge < -0.3 is 4.52 Å². The first kappa shape index (κ1) is 15.6. The van der Waals surface area contributed by atoms with E-state index in [9.17, 15) is 0 Å². The number of thiophene rings is 1. The molecule has 4 nitrogen and oxygen atoms in total. The van der Waals surface area contributed by atoms with Crippen LogP contribution in [0.2, 0.25) is 5.02 Å². The maximum absolute atomic E-state index is 5.95. The molecule has 0 unspecified atom stereocenters. The lowest BCUT2D eigenvalue weighted by Gasteiger charge is -2.35. The van der Waals surface area contributed by atoms with E-state index >= 15 is 0 Å². The fourth-order valence-corrected chi connectivity index (χ4v) is 4.79. The van der Waals surface area contributed by atoms with Crippen molar-refractivity contribution in [2.45, 2.75) is 31.8 Å². The fourth-order valence-electron chi connectivity index (χ4n) is 3.75. The normalized spacial score (nSPS) is 20.6. The molecule has 128 valence electrons. The topological polar surface area (TPSA) is 42.2 Å². The van der Waals surface area contributed by atoms with E-state index in [4.69, 9.17) is 16.1 Å². The largest absolute Gasteiger partial charge is 0.338 e. The highest BCUT2D eigenvalue weighted by molar-refractivity contribution is 7.10. The summed E-state index contributed by atoms with van der Waals surface area (Å²) in [4.78, 5) is 8.68. The molecule has 2 aromatic heterocycles. The number of rotatable bonds is 4. The summed E-state index contributed by atoms with van der Waals surface area (Å²) in [6.45, 7) is 1.78. The van der Waals surface area contributed by atoms with Crippen LogP contribution in [0, 0.1) is 5.92 Å². The van der Waals surface area contributed by atoms with Crippen LogP contribution in [0.15, 0.2) is 40.2 Å². The van der Waals surface area contributed by atoms with Crippen molar-refractivity contribution < 1.29 is 4.52 Å². The summed E-state index contributed by atoms with van der Waals surface area (Å²) in [5.41, 5.74) is 2.45. The number of halogens is 1. The summed E-state index contributed by atoms with van der Waals surface area (Å²) in [5.74, 6) is 2.10. The predicted molar refractivity (Wildman–Crippen MR) is 98.6 cm³/mol. The fraction of sp³-hybridized carbons (Fsp3) is 0.368. The third-order valence-electron chi connectivity index (χ3n) is 5.10. The molecule has 0 bridgehead atoms. The van der Waals surface area contributed by atoms with Gasteiger partial charge in [-0.15, -0.1) is 11.3 Å². The molecule has 2 aliphatic rings. The van der Waals surface area contributed by atoms with Gasteiger partial charge in [0.05, 0.1) is 6.54 Å². The Hall–Kier alpha value is -1.69. The zero-order valence-corrected chi connectivity index (χ0v) is 15.3. The SMILES string of the molecule is Clc1ccc(-c2noc(CN3CCc4sccc4[C@@H]3C3CC3)n2)cc1. The highest BCUT2D eigenvalue weighted by Gasteiger charge is 2.40. The van der Waals surface area contributed by atoms with E-state index in [0.29, 0.717) is 22.8 Å². The minimum Gasteiger partial charge on any atom is -0.338 e. The standard InChI is InChI=1S/C19H18ClN3OS/c20-14-5-3-13(4-6-14)19-21-17(24-22-19)11-23-9-7-16-15(8-10-25-16)18(23)12-1-2-12/h3-6,8,10,12,18H,1-2,7,9,11H2/t18-/m0/s1. The van der Waals surface area contributed by atoms with E-state index in [1.807, 2.05) is 35.6 Å². The average Bonchev–Trinajstić information content (AvgIpc) is 3.15. The Morgan fingerprint density at radius 1 is 1.20 bits per heavy atom. The van der Waals surface area contributed by atoms with Crippen LogP contribution in [-0.4, -0.2) is 21.6 Å². The van der Waals surface area contributed by atoms with E-state index in [1.54, 1.807) is 4.88 Å². The number of benzene rings is 1. The lowest BCUT2D eigenvalue weighted by molar-refractivity contribution is 0.139. The molecule has 1 fully saturated rings. The van der Waals surface area contributed by atoms with Gasteiger partial charge in [0.1, 0.15) is 0 Å². The summed E-state index contributed by atoms with van der Waals surface area (Å²) in [5, 5.41) is 7.09. The van der Waals surface area contributed by atoms with Gasteiger partial charge in [-0.3, -0.25) is 4.90 Å². The molecule has 1 atom stereocenters. The third-order valence-corrected chi connectivity index (χ3v) is 6.34. The van der Waals surface area contributed by atoms with E-state index in [0.717, 1.165) is 31.0 Å². The van der Waals surface area contributed by atoms with Crippen LogP contribution < -0.4 is 0 Å². The molecule has 3 aromatic rings. The smallest absolute Gasteiger partial charge is 0.241 e. The van der Waals surface area contributed by atoms with Crippen molar-refractivity contribution in [1.82, 2.24) is 15.0 Å². The van der Waals surface area contributed by atoms with Crippen LogP contribution in [-0.2, 0) is 13.0 Å². The molecule has 1 aliphatic carbocycles. The number of hydrogen-bond donors (Lipinski definition) is 0. The van der Waals surface area contributed by atoms with Crippen molar-refractivity contribution in [2.75, 3.05) is 6.54 Å². The second-order valence-electron chi connectivity index (χ2n) is 6.82. The van der Waals surface area contributed by atoms with Gasteiger partial charge >= 0.3 is 0 Å². The second-order valence-corrected chi connectivity index (χ2v) is 8.26. The number of aromatic nitrogens is 2. The van der Waals surface area contributed by atoms with Crippen LogP contribution >= 0.6 is 22.9 Å². The summed E-state index contributed by atoms with van der Waals surface area (Å²) in [6.07, 6.45) is 3.78. The highest BCUT2D eigenvalue weighted by atomic mass is 35.5. The molecular weight excluding hydrogens is 354 g/mol. The number of fused-ring (bicyclic) bond motifs is 1. The van der Waals surface area contributed by atoms with Gasteiger partial charge in [-0.2, -0.15) is 4.98 Å². The van der Waals surface area contributed by atoms with Crippen LogP contribution in [0.5, 0.6) is 0 Å². The molecule has 0 amide bonds. The van der Waals surface area contributed by atoms with Crippen molar-refractivity contribution in [3.63, 3.8) is 0 Å². The zero-order valence-electron chi connectivity index (χ0n) is 13.7. The van der Waals surface area contributed by atoms with Crippen LogP contribution in [0.4, 0.5) is 0 Å². The summed E-state index contributed by atoms with van der Waals surface area (Å²) in [6, 6.07) is 10.4. The van der Waals surface area contributed by atoms with Crippen molar-refractivity contribution >= 4 is 22.9 Å². The molecule has 0 radical (unpaired) electrons. The first-order chi connectivity index (χ1) is 12.3. The molecule has 6 heteroatoms. The molecule has 1 aromatic carbocycles. The summed E-state index contributed by atoms with van der Waals surface area (Å²) >= 11 is 7.84. The average molecular weight is 372 g/mol. The predicted octanol–water partition coefficient (Wildman–Crippen LogP) is 4.96. The van der Waals surface area contributed by atoms with Gasteiger partial charge in [0, 0.05) is 28.0 Å². The highest BCUT2D eigenvalue weighted by Crippen LogP contribution is 2.48. The quantitative estimate of drug-likeness (QED) is 0.650. The summed E-state index contributed by atoms with van der Waals surface area (Å²) < 4.78 is 5.54. The van der Waals surface area contributed by atoms with Gasteiger partial charge in [0.15, 0.2) is 0 Å². The minimum absolute atomic E-state index is 0.515. The van der Waals surface area contributed by atoms with E-state index < -0.39 is 0 Å². The van der Waals surface area contributed by atoms with Gasteiger partial charge in [-0.1, -0.05) is 16.8 Å². The second kappa shape index (κ2) is 6.24. The van der Waals surface area contributed by atoms with Gasteiger partial charge in [-0.05, 0) is 66.5 Å². The Kier molecular flexibility index (Phi) is 3.88. The van der Waals surface area contributed by atoms with E-state index in [1.165, 1.54) is 18.4 Å². The third kappa shape index (κ3) is 3.01. The number of nitrogens with zero attached hydrogens (tertiary/aromatic N) is 3. The first-order valence-electron chi connectivity index (χ1n) is 8.67. The van der Waals surface area contributed by atoms with E-state index in [2.05, 4.69) is 26.5 Å². The molecular formula is C19H18ClN3OS. The zero-order chi connectivity index (χ0) is 16.8. The monoisotopic (exact) mass is 371 g/mol. The molecule has 0 spiro atoms. The minimum atomic E-state index is 0.515. The number of hydrogen-bond acceptors (Lipinski definition) is 5. The Morgan fingerprint density at radius 3 is 2.84 bits per heavy atom. The molecule has 25 heavy (non-hydrogen) atoms. The molecule has 5 rings (SSSR count). The Morgan fingerprint density at radius 2 is 2.04 bits per heavy atom. The molecule has 0 saturated heterocycles. The first-order valence-corrected chi connectivity index (χ1v) is 9.92. The lowest BCUT2D eigenvalue weighted by Crippen LogP contribution is -2.35. The molecule has 3 heterocycles. The van der Waals surface area contributed by atoms with Gasteiger partial charge in [0.2, 0.25) is 11.7 Å². The maximum Gasteiger partial charge on any atom is 0.241 e. The Bertz CT molecular complexity index is 884. The molecule has 1 saturated carbocycles. The van der Waals surface area contributed by atoms with Crippen LogP contribution in [0.1, 0.15) is 35.2 Å². The van der Waals surface area contributed by atoms with Gasteiger partial charge in [-0.25, -0.2) is 0 Å². The summed E-state index contributed by atoms with van der Waals surface area (Å²) in [7, 11) is 0. The molecule has 1 aliphatic heterocycles. The van der Waals surface area contributed by atoms with Crippen LogP contribution in [0.25, 0.3) is 11.4 Å².